The second-order valence-electron chi connectivity index (χ2n) is 5.62. The lowest BCUT2D eigenvalue weighted by atomic mass is 10.0. The molecule has 1 aliphatic heterocycles. The van der Waals surface area contributed by atoms with Crippen LogP contribution in [0.15, 0.2) is 34.9 Å². The van der Waals surface area contributed by atoms with Gasteiger partial charge in [-0.3, -0.25) is 4.79 Å². The van der Waals surface area contributed by atoms with E-state index in [2.05, 4.69) is 5.16 Å². The first kappa shape index (κ1) is 15.1. The van der Waals surface area contributed by atoms with Gasteiger partial charge in [0.25, 0.3) is 5.91 Å². The van der Waals surface area contributed by atoms with Gasteiger partial charge in [-0.2, -0.15) is 0 Å². The third kappa shape index (κ3) is 3.00. The van der Waals surface area contributed by atoms with Crippen LogP contribution >= 0.6 is 11.6 Å². The van der Waals surface area contributed by atoms with Gasteiger partial charge >= 0.3 is 0 Å². The van der Waals surface area contributed by atoms with Crippen molar-refractivity contribution in [3.63, 3.8) is 0 Å². The molecule has 0 spiro atoms. The average molecular weight is 321 g/mol. The monoisotopic (exact) mass is 320 g/mol. The fourth-order valence-corrected chi connectivity index (χ4v) is 2.78. The number of halogens is 1. The summed E-state index contributed by atoms with van der Waals surface area (Å²) in [5, 5.41) is 14.1. The number of carbonyl (C=O) groups excluding carboxylic acids is 1. The number of amides is 1. The van der Waals surface area contributed by atoms with Crippen LogP contribution in [-0.4, -0.2) is 40.3 Å². The Bertz CT molecular complexity index is 666. The number of aliphatic hydroxyl groups excluding tert-OH is 1. The molecule has 2 aromatic rings. The summed E-state index contributed by atoms with van der Waals surface area (Å²) >= 11 is 5.85. The number of benzene rings is 1. The van der Waals surface area contributed by atoms with Gasteiger partial charge in [0.15, 0.2) is 11.5 Å². The van der Waals surface area contributed by atoms with Crippen molar-refractivity contribution in [2.75, 3.05) is 13.1 Å². The van der Waals surface area contributed by atoms with Crippen molar-refractivity contribution in [3.8, 4) is 11.3 Å². The summed E-state index contributed by atoms with van der Waals surface area (Å²) in [6.45, 7) is 2.95. The van der Waals surface area contributed by atoms with Crippen molar-refractivity contribution in [1.29, 1.82) is 0 Å². The van der Waals surface area contributed by atoms with Crippen LogP contribution in [0.1, 0.15) is 23.8 Å². The molecule has 1 N–H and O–H groups in total. The number of rotatable bonds is 3. The maximum absolute atomic E-state index is 12.4. The van der Waals surface area contributed by atoms with E-state index in [9.17, 15) is 9.90 Å². The number of hydrogen-bond donors (Lipinski definition) is 1. The maximum Gasteiger partial charge on any atom is 0.276 e. The van der Waals surface area contributed by atoms with Gasteiger partial charge in [0.1, 0.15) is 0 Å². The molecular formula is C16H17ClN2O3. The predicted octanol–water partition coefficient (Wildman–Crippen LogP) is 2.84. The van der Waals surface area contributed by atoms with E-state index in [0.717, 1.165) is 12.0 Å². The minimum Gasteiger partial charge on any atom is -0.393 e. The van der Waals surface area contributed by atoms with E-state index < -0.39 is 6.10 Å². The normalized spacial score (nSPS) is 19.4. The zero-order chi connectivity index (χ0) is 15.7. The Balaban J connectivity index is 1.74. The number of likely N-dealkylation sites (tertiary alicyclic amines) is 1. The molecule has 22 heavy (non-hydrogen) atoms. The molecule has 3 rings (SSSR count). The van der Waals surface area contributed by atoms with Crippen LogP contribution < -0.4 is 0 Å². The van der Waals surface area contributed by atoms with Crippen LogP contribution in [0.25, 0.3) is 11.3 Å². The molecule has 0 radical (unpaired) electrons. The summed E-state index contributed by atoms with van der Waals surface area (Å²) in [4.78, 5) is 14.1. The van der Waals surface area contributed by atoms with Gasteiger partial charge in [-0.1, -0.05) is 16.8 Å². The largest absolute Gasteiger partial charge is 0.393 e. The summed E-state index contributed by atoms with van der Waals surface area (Å²) in [6.07, 6.45) is 0.408. The summed E-state index contributed by atoms with van der Waals surface area (Å²) in [5.74, 6) is 0.505. The molecule has 116 valence electrons. The average Bonchev–Trinajstić information content (AvgIpc) is 3.17. The van der Waals surface area contributed by atoms with E-state index in [4.69, 9.17) is 16.1 Å². The highest BCUT2D eigenvalue weighted by molar-refractivity contribution is 6.30. The molecule has 6 heteroatoms. The third-order valence-corrected chi connectivity index (χ3v) is 4.30. The van der Waals surface area contributed by atoms with E-state index >= 15 is 0 Å². The molecule has 5 nitrogen and oxygen atoms in total. The van der Waals surface area contributed by atoms with Gasteiger partial charge in [-0.05, 0) is 37.6 Å². The highest BCUT2D eigenvalue weighted by Gasteiger charge is 2.31. The molecule has 1 amide bonds. The van der Waals surface area contributed by atoms with Crippen molar-refractivity contribution in [1.82, 2.24) is 10.1 Å². The van der Waals surface area contributed by atoms with E-state index in [0.29, 0.717) is 23.9 Å². The van der Waals surface area contributed by atoms with Gasteiger partial charge in [0.05, 0.1) is 6.10 Å². The van der Waals surface area contributed by atoms with Crippen LogP contribution in [0.3, 0.4) is 0 Å². The number of aromatic nitrogens is 1. The van der Waals surface area contributed by atoms with E-state index in [1.807, 2.05) is 12.1 Å². The topological polar surface area (TPSA) is 66.6 Å². The molecule has 1 aromatic carbocycles. The first-order valence-corrected chi connectivity index (χ1v) is 7.62. The molecule has 2 atom stereocenters. The van der Waals surface area contributed by atoms with Crippen LogP contribution in [0, 0.1) is 5.92 Å². The molecule has 0 bridgehead atoms. The Kier molecular flexibility index (Phi) is 4.18. The Labute approximate surface area is 133 Å². The smallest absolute Gasteiger partial charge is 0.276 e. The fourth-order valence-electron chi connectivity index (χ4n) is 2.65. The standard InChI is InChI=1S/C16H17ClN2O3/c1-10(20)12-6-7-19(9-12)16(21)14-8-15(22-18-14)11-2-4-13(17)5-3-11/h2-5,8,10,12,20H,6-7,9H2,1H3. The highest BCUT2D eigenvalue weighted by Crippen LogP contribution is 2.25. The Morgan fingerprint density at radius 3 is 2.82 bits per heavy atom. The second kappa shape index (κ2) is 6.10. The van der Waals surface area contributed by atoms with Crippen molar-refractivity contribution in [2.24, 2.45) is 5.92 Å². The minimum atomic E-state index is -0.403. The molecular weight excluding hydrogens is 304 g/mol. The van der Waals surface area contributed by atoms with Crippen molar-refractivity contribution in [3.05, 3.63) is 41.0 Å². The highest BCUT2D eigenvalue weighted by atomic mass is 35.5. The van der Waals surface area contributed by atoms with Crippen molar-refractivity contribution in [2.45, 2.75) is 19.4 Å². The molecule has 2 heterocycles. The molecule has 2 unspecified atom stereocenters. The zero-order valence-electron chi connectivity index (χ0n) is 12.2. The van der Waals surface area contributed by atoms with Gasteiger partial charge < -0.3 is 14.5 Å². The first-order valence-electron chi connectivity index (χ1n) is 7.24. The van der Waals surface area contributed by atoms with E-state index in [-0.39, 0.29) is 17.5 Å². The molecule has 1 aliphatic rings. The van der Waals surface area contributed by atoms with Crippen molar-refractivity contribution >= 4 is 17.5 Å². The predicted molar refractivity (Wildman–Crippen MR) is 82.6 cm³/mol. The van der Waals surface area contributed by atoms with Gasteiger partial charge in [0.2, 0.25) is 0 Å². The van der Waals surface area contributed by atoms with Crippen LogP contribution in [0.2, 0.25) is 5.02 Å². The maximum atomic E-state index is 12.4. The molecule has 0 aliphatic carbocycles. The van der Waals surface area contributed by atoms with Crippen LogP contribution in [-0.2, 0) is 0 Å². The quantitative estimate of drug-likeness (QED) is 0.944. The van der Waals surface area contributed by atoms with E-state index in [1.54, 1.807) is 30.0 Å². The lowest BCUT2D eigenvalue weighted by Crippen LogP contribution is -2.30. The number of aliphatic hydroxyl groups is 1. The Hall–Kier alpha value is -1.85. The minimum absolute atomic E-state index is 0.131. The van der Waals surface area contributed by atoms with Crippen molar-refractivity contribution < 1.29 is 14.4 Å². The lowest BCUT2D eigenvalue weighted by Gasteiger charge is -2.16. The number of hydrogen-bond acceptors (Lipinski definition) is 4. The van der Waals surface area contributed by atoms with Crippen LogP contribution in [0.4, 0.5) is 0 Å². The second-order valence-corrected chi connectivity index (χ2v) is 6.06. The molecule has 0 saturated carbocycles. The number of nitrogens with zero attached hydrogens (tertiary/aromatic N) is 2. The Morgan fingerprint density at radius 1 is 1.45 bits per heavy atom. The third-order valence-electron chi connectivity index (χ3n) is 4.05. The SMILES string of the molecule is CC(O)C1CCN(C(=O)c2cc(-c3ccc(Cl)cc3)on2)C1. The summed E-state index contributed by atoms with van der Waals surface area (Å²) in [6, 6.07) is 8.79. The molecule has 1 saturated heterocycles. The van der Waals surface area contributed by atoms with Gasteiger partial charge in [-0.15, -0.1) is 0 Å². The summed E-state index contributed by atoms with van der Waals surface area (Å²) < 4.78 is 5.26. The Morgan fingerprint density at radius 2 is 2.18 bits per heavy atom. The fraction of sp³-hybridized carbons (Fsp3) is 0.375. The zero-order valence-corrected chi connectivity index (χ0v) is 13.0. The summed E-state index contributed by atoms with van der Waals surface area (Å²) in [7, 11) is 0. The lowest BCUT2D eigenvalue weighted by molar-refractivity contribution is 0.0752. The van der Waals surface area contributed by atoms with Crippen LogP contribution in [0.5, 0.6) is 0 Å². The van der Waals surface area contributed by atoms with Gasteiger partial charge in [0, 0.05) is 35.7 Å². The van der Waals surface area contributed by atoms with E-state index in [1.165, 1.54) is 0 Å². The molecule has 1 fully saturated rings. The first-order chi connectivity index (χ1) is 10.5. The van der Waals surface area contributed by atoms with Gasteiger partial charge in [-0.25, -0.2) is 0 Å². The summed E-state index contributed by atoms with van der Waals surface area (Å²) in [5.41, 5.74) is 1.11. The number of carbonyl (C=O) groups is 1. The molecule has 1 aromatic heterocycles.